The molecule has 23 heavy (non-hydrogen) atoms. The van der Waals surface area contributed by atoms with Gasteiger partial charge in [-0.2, -0.15) is 0 Å². The quantitative estimate of drug-likeness (QED) is 0.445. The number of aliphatic imine (C=N–C) groups is 1. The van der Waals surface area contributed by atoms with Crippen molar-refractivity contribution in [3.63, 3.8) is 0 Å². The third-order valence-electron chi connectivity index (χ3n) is 4.07. The van der Waals surface area contributed by atoms with Gasteiger partial charge in [-0.3, -0.25) is 0 Å². The zero-order valence-corrected chi connectivity index (χ0v) is 15.7. The van der Waals surface area contributed by atoms with E-state index in [1.165, 1.54) is 24.0 Å². The summed E-state index contributed by atoms with van der Waals surface area (Å²) in [4.78, 5) is 4.37. The third kappa shape index (κ3) is 4.46. The standard InChI is InChI=1S/C17H22N4O.HI/c1-2-12-7-9-13(10-8-12)20-17(18)19-11-15-14-5-3-4-6-16(14)22-21-15;/h7-10H,2-6,11H2,1H3,(H3,18,19,20);1H. The molecule has 0 fully saturated rings. The van der Waals surface area contributed by atoms with E-state index in [4.69, 9.17) is 10.3 Å². The molecule has 124 valence electrons. The summed E-state index contributed by atoms with van der Waals surface area (Å²) in [6.45, 7) is 2.60. The summed E-state index contributed by atoms with van der Waals surface area (Å²) >= 11 is 0. The Balaban J connectivity index is 0.00000192. The molecule has 1 aliphatic rings. The summed E-state index contributed by atoms with van der Waals surface area (Å²) in [5.41, 5.74) is 10.3. The summed E-state index contributed by atoms with van der Waals surface area (Å²) in [6, 6.07) is 8.20. The molecule has 2 aromatic rings. The molecule has 6 heteroatoms. The lowest BCUT2D eigenvalue weighted by atomic mass is 9.96. The molecule has 5 nitrogen and oxygen atoms in total. The Hall–Kier alpha value is -1.57. The van der Waals surface area contributed by atoms with Gasteiger partial charge in [0.15, 0.2) is 5.96 Å². The topological polar surface area (TPSA) is 76.4 Å². The number of guanidine groups is 1. The minimum Gasteiger partial charge on any atom is -0.370 e. The molecule has 0 aliphatic heterocycles. The molecule has 3 rings (SSSR count). The van der Waals surface area contributed by atoms with Crippen LogP contribution in [0.25, 0.3) is 0 Å². The van der Waals surface area contributed by atoms with E-state index < -0.39 is 0 Å². The number of hydrogen-bond donors (Lipinski definition) is 2. The number of aromatic nitrogens is 1. The van der Waals surface area contributed by atoms with Gasteiger partial charge in [-0.25, -0.2) is 4.99 Å². The van der Waals surface area contributed by atoms with Gasteiger partial charge in [0, 0.05) is 17.7 Å². The number of nitrogens with two attached hydrogens (primary N) is 1. The average molecular weight is 426 g/mol. The Morgan fingerprint density at radius 1 is 1.26 bits per heavy atom. The highest BCUT2D eigenvalue weighted by atomic mass is 127. The Kier molecular flexibility index (Phi) is 6.44. The van der Waals surface area contributed by atoms with E-state index >= 15 is 0 Å². The van der Waals surface area contributed by atoms with Crippen molar-refractivity contribution in [3.05, 3.63) is 46.8 Å². The van der Waals surface area contributed by atoms with Crippen LogP contribution in [0.2, 0.25) is 0 Å². The number of aryl methyl sites for hydroxylation is 2. The molecule has 1 aromatic heterocycles. The summed E-state index contributed by atoms with van der Waals surface area (Å²) < 4.78 is 5.38. The zero-order chi connectivity index (χ0) is 15.4. The summed E-state index contributed by atoms with van der Waals surface area (Å²) in [5.74, 6) is 1.43. The van der Waals surface area contributed by atoms with Gasteiger partial charge < -0.3 is 15.6 Å². The monoisotopic (exact) mass is 426 g/mol. The van der Waals surface area contributed by atoms with Gasteiger partial charge >= 0.3 is 0 Å². The van der Waals surface area contributed by atoms with Gasteiger partial charge in [0.25, 0.3) is 0 Å². The molecule has 0 atom stereocenters. The van der Waals surface area contributed by atoms with Crippen molar-refractivity contribution in [1.82, 2.24) is 5.16 Å². The van der Waals surface area contributed by atoms with Crippen molar-refractivity contribution in [3.8, 4) is 0 Å². The third-order valence-corrected chi connectivity index (χ3v) is 4.07. The van der Waals surface area contributed by atoms with Crippen LogP contribution in [0.1, 0.15) is 42.3 Å². The van der Waals surface area contributed by atoms with Gasteiger partial charge in [0.05, 0.1) is 6.54 Å². The molecule has 0 radical (unpaired) electrons. The maximum absolute atomic E-state index is 5.95. The molecule has 0 saturated heterocycles. The first kappa shape index (κ1) is 17.8. The second kappa shape index (κ2) is 8.33. The predicted octanol–water partition coefficient (Wildman–Crippen LogP) is 3.66. The molecule has 1 aromatic carbocycles. The first-order chi connectivity index (χ1) is 10.8. The minimum atomic E-state index is 0. The maximum Gasteiger partial charge on any atom is 0.193 e. The van der Waals surface area contributed by atoms with Crippen LogP contribution in [0, 0.1) is 0 Å². The van der Waals surface area contributed by atoms with Gasteiger partial charge in [-0.05, 0) is 43.4 Å². The van der Waals surface area contributed by atoms with Crippen molar-refractivity contribution >= 4 is 35.6 Å². The van der Waals surface area contributed by atoms with Gasteiger partial charge in [-0.1, -0.05) is 24.2 Å². The zero-order valence-electron chi connectivity index (χ0n) is 13.3. The fourth-order valence-electron chi connectivity index (χ4n) is 2.74. The molecular weight excluding hydrogens is 403 g/mol. The lowest BCUT2D eigenvalue weighted by Gasteiger charge is -2.09. The van der Waals surface area contributed by atoms with E-state index in [9.17, 15) is 0 Å². The van der Waals surface area contributed by atoms with E-state index in [1.54, 1.807) is 0 Å². The van der Waals surface area contributed by atoms with Crippen molar-refractivity contribution in [1.29, 1.82) is 0 Å². The normalized spacial score (nSPS) is 14.0. The van der Waals surface area contributed by atoms with E-state index in [0.717, 1.165) is 36.4 Å². The minimum absolute atomic E-state index is 0. The van der Waals surface area contributed by atoms with Crippen molar-refractivity contribution in [2.45, 2.75) is 45.6 Å². The fourth-order valence-corrected chi connectivity index (χ4v) is 2.74. The molecule has 0 bridgehead atoms. The van der Waals surface area contributed by atoms with Crippen LogP contribution in [0.3, 0.4) is 0 Å². The van der Waals surface area contributed by atoms with Crippen LogP contribution >= 0.6 is 24.0 Å². The predicted molar refractivity (Wildman–Crippen MR) is 103 cm³/mol. The second-order valence-corrected chi connectivity index (χ2v) is 5.62. The maximum atomic E-state index is 5.95. The number of nitrogens with zero attached hydrogens (tertiary/aromatic N) is 2. The molecule has 0 spiro atoms. The van der Waals surface area contributed by atoms with Crippen LogP contribution < -0.4 is 11.1 Å². The molecular formula is C17H23IN4O. The Labute approximate surface area is 153 Å². The van der Waals surface area contributed by atoms with E-state index in [2.05, 4.69) is 34.5 Å². The molecule has 0 amide bonds. The molecule has 0 saturated carbocycles. The number of fused-ring (bicyclic) bond motifs is 1. The summed E-state index contributed by atoms with van der Waals surface area (Å²) in [5, 5.41) is 7.24. The van der Waals surface area contributed by atoms with E-state index in [-0.39, 0.29) is 24.0 Å². The highest BCUT2D eigenvalue weighted by molar-refractivity contribution is 14.0. The van der Waals surface area contributed by atoms with Crippen molar-refractivity contribution in [2.75, 3.05) is 5.32 Å². The number of anilines is 1. The Bertz CT molecular complexity index is 664. The summed E-state index contributed by atoms with van der Waals surface area (Å²) in [7, 11) is 0. The van der Waals surface area contributed by atoms with Gasteiger partial charge in [-0.15, -0.1) is 24.0 Å². The molecule has 3 N–H and O–H groups in total. The highest BCUT2D eigenvalue weighted by Gasteiger charge is 2.18. The SMILES string of the molecule is CCc1ccc(NC(N)=NCc2noc3c2CCCC3)cc1.I. The first-order valence-electron chi connectivity index (χ1n) is 7.88. The largest absolute Gasteiger partial charge is 0.370 e. The molecule has 0 unspecified atom stereocenters. The Morgan fingerprint density at radius 3 is 2.74 bits per heavy atom. The van der Waals surface area contributed by atoms with Crippen LogP contribution in [0.4, 0.5) is 5.69 Å². The number of rotatable bonds is 4. The fraction of sp³-hybridized carbons (Fsp3) is 0.412. The number of nitrogens with one attached hydrogen (secondary N) is 1. The smallest absolute Gasteiger partial charge is 0.193 e. The average Bonchev–Trinajstić information content (AvgIpc) is 2.97. The Morgan fingerprint density at radius 2 is 2.00 bits per heavy atom. The van der Waals surface area contributed by atoms with Crippen molar-refractivity contribution in [2.24, 2.45) is 10.7 Å². The summed E-state index contributed by atoms with van der Waals surface area (Å²) in [6.07, 6.45) is 5.44. The van der Waals surface area contributed by atoms with Crippen molar-refractivity contribution < 1.29 is 4.52 Å². The van der Waals surface area contributed by atoms with Gasteiger partial charge in [0.2, 0.25) is 0 Å². The highest BCUT2D eigenvalue weighted by Crippen LogP contribution is 2.24. The first-order valence-corrected chi connectivity index (χ1v) is 7.88. The molecule has 1 heterocycles. The van der Waals surface area contributed by atoms with Gasteiger partial charge in [0.1, 0.15) is 11.5 Å². The van der Waals surface area contributed by atoms with Crippen LogP contribution in [-0.4, -0.2) is 11.1 Å². The second-order valence-electron chi connectivity index (χ2n) is 5.62. The number of hydrogen-bond acceptors (Lipinski definition) is 3. The lowest BCUT2D eigenvalue weighted by molar-refractivity contribution is 0.368. The number of halogens is 1. The number of benzene rings is 1. The van der Waals surface area contributed by atoms with Crippen LogP contribution in [-0.2, 0) is 25.8 Å². The lowest BCUT2D eigenvalue weighted by Crippen LogP contribution is -2.22. The van der Waals surface area contributed by atoms with Crippen LogP contribution in [0.5, 0.6) is 0 Å². The van der Waals surface area contributed by atoms with E-state index in [0.29, 0.717) is 12.5 Å². The van der Waals surface area contributed by atoms with Crippen LogP contribution in [0.15, 0.2) is 33.8 Å². The molecule has 1 aliphatic carbocycles. The van der Waals surface area contributed by atoms with E-state index in [1.807, 2.05) is 12.1 Å².